The summed E-state index contributed by atoms with van der Waals surface area (Å²) in [6.45, 7) is 1.27. The van der Waals surface area contributed by atoms with Crippen LogP contribution in [0, 0.1) is 34.9 Å². The normalized spacial score (nSPS) is 12.3. The number of carboxylic acids is 1. The first-order valence-corrected chi connectivity index (χ1v) is 7.72. The van der Waals surface area contributed by atoms with Gasteiger partial charge in [-0.3, -0.25) is 4.79 Å². The minimum atomic E-state index is -2.37. The molecule has 0 heterocycles. The predicted octanol–water partition coefficient (Wildman–Crippen LogP) is 5.41. The van der Waals surface area contributed by atoms with Crippen molar-refractivity contribution in [3.63, 3.8) is 0 Å². The standard InChI is InChI=1S/C15H7ClF6O2S/c1-4(15(23)24)25-8-2-5(7(17)3-6(8)16)9-10(18)12(20)14(22)13(21)11(9)19/h2-4H,1H3,(H,23,24)/t4-/m0/s1. The molecule has 1 N–H and O–H groups in total. The highest BCUT2D eigenvalue weighted by Gasteiger charge is 2.29. The van der Waals surface area contributed by atoms with E-state index in [-0.39, 0.29) is 9.92 Å². The number of rotatable bonds is 4. The van der Waals surface area contributed by atoms with E-state index in [4.69, 9.17) is 16.7 Å². The van der Waals surface area contributed by atoms with Crippen molar-refractivity contribution >= 4 is 29.3 Å². The molecule has 2 rings (SSSR count). The number of aliphatic carboxylic acids is 1. The lowest BCUT2D eigenvalue weighted by Gasteiger charge is -2.13. The first-order valence-electron chi connectivity index (χ1n) is 6.46. The second-order valence-electron chi connectivity index (χ2n) is 4.81. The zero-order valence-corrected chi connectivity index (χ0v) is 13.7. The lowest BCUT2D eigenvalue weighted by atomic mass is 10.0. The maximum Gasteiger partial charge on any atom is 0.316 e. The second kappa shape index (κ2) is 7.17. The van der Waals surface area contributed by atoms with Gasteiger partial charge < -0.3 is 5.11 Å². The zero-order chi connectivity index (χ0) is 19.0. The van der Waals surface area contributed by atoms with Gasteiger partial charge in [0.15, 0.2) is 23.3 Å². The number of thioether (sulfide) groups is 1. The van der Waals surface area contributed by atoms with Crippen LogP contribution in [0.1, 0.15) is 6.92 Å². The molecule has 0 unspecified atom stereocenters. The molecule has 0 saturated heterocycles. The molecule has 0 aliphatic rings. The number of halogens is 7. The molecule has 25 heavy (non-hydrogen) atoms. The molecule has 0 saturated carbocycles. The Kier molecular flexibility index (Phi) is 5.58. The molecule has 0 bridgehead atoms. The third-order valence-electron chi connectivity index (χ3n) is 3.15. The molecule has 0 fully saturated rings. The molecule has 0 spiro atoms. The van der Waals surface area contributed by atoms with Crippen molar-refractivity contribution in [2.75, 3.05) is 0 Å². The largest absolute Gasteiger partial charge is 0.480 e. The fourth-order valence-electron chi connectivity index (χ4n) is 1.89. The van der Waals surface area contributed by atoms with E-state index in [1.165, 1.54) is 6.92 Å². The summed E-state index contributed by atoms with van der Waals surface area (Å²) in [7, 11) is 0. The van der Waals surface area contributed by atoms with Crippen molar-refractivity contribution in [2.45, 2.75) is 17.1 Å². The van der Waals surface area contributed by atoms with E-state index in [1.807, 2.05) is 0 Å². The fourth-order valence-corrected chi connectivity index (χ4v) is 3.02. The lowest BCUT2D eigenvalue weighted by molar-refractivity contribution is -0.136. The monoisotopic (exact) mass is 400 g/mol. The summed E-state index contributed by atoms with van der Waals surface area (Å²) in [5.41, 5.74) is -2.40. The Balaban J connectivity index is 2.71. The third kappa shape index (κ3) is 3.57. The van der Waals surface area contributed by atoms with E-state index in [0.717, 1.165) is 6.07 Å². The SMILES string of the molecule is C[C@H](Sc1cc(-c2c(F)c(F)c(F)c(F)c2F)c(F)cc1Cl)C(=O)O. The highest BCUT2D eigenvalue weighted by Crippen LogP contribution is 2.39. The second-order valence-corrected chi connectivity index (χ2v) is 6.60. The van der Waals surface area contributed by atoms with Crippen molar-refractivity contribution < 1.29 is 36.2 Å². The van der Waals surface area contributed by atoms with Crippen LogP contribution in [-0.2, 0) is 4.79 Å². The zero-order valence-electron chi connectivity index (χ0n) is 12.1. The Bertz CT molecular complexity index is 845. The Morgan fingerprint density at radius 3 is 1.96 bits per heavy atom. The molecule has 134 valence electrons. The Morgan fingerprint density at radius 1 is 1.00 bits per heavy atom. The average molecular weight is 401 g/mol. The van der Waals surface area contributed by atoms with Crippen molar-refractivity contribution in [3.05, 3.63) is 52.1 Å². The lowest BCUT2D eigenvalue weighted by Crippen LogP contribution is -2.11. The molecule has 0 aromatic heterocycles. The van der Waals surface area contributed by atoms with Crippen LogP contribution in [0.4, 0.5) is 26.3 Å². The molecule has 2 nitrogen and oxygen atoms in total. The van der Waals surface area contributed by atoms with Gasteiger partial charge in [-0.2, -0.15) is 0 Å². The van der Waals surface area contributed by atoms with E-state index in [1.54, 1.807) is 0 Å². The maximum atomic E-state index is 14.1. The number of benzene rings is 2. The van der Waals surface area contributed by atoms with Crippen LogP contribution in [0.3, 0.4) is 0 Å². The van der Waals surface area contributed by atoms with Crippen LogP contribution in [-0.4, -0.2) is 16.3 Å². The summed E-state index contributed by atoms with van der Waals surface area (Å²) in [6.07, 6.45) is 0. The van der Waals surface area contributed by atoms with E-state index < -0.39 is 57.2 Å². The molecule has 0 aliphatic heterocycles. The van der Waals surface area contributed by atoms with Gasteiger partial charge in [-0.1, -0.05) is 11.6 Å². The van der Waals surface area contributed by atoms with Gasteiger partial charge in [0.05, 0.1) is 10.6 Å². The van der Waals surface area contributed by atoms with Gasteiger partial charge in [0.2, 0.25) is 5.82 Å². The van der Waals surface area contributed by atoms with Gasteiger partial charge in [0.25, 0.3) is 0 Å². The Labute approximate surface area is 146 Å². The van der Waals surface area contributed by atoms with E-state index in [9.17, 15) is 31.1 Å². The number of carbonyl (C=O) groups is 1. The molecule has 0 radical (unpaired) electrons. The van der Waals surface area contributed by atoms with Crippen molar-refractivity contribution in [3.8, 4) is 11.1 Å². The van der Waals surface area contributed by atoms with Gasteiger partial charge in [-0.15, -0.1) is 11.8 Å². The molecule has 1 atom stereocenters. The summed E-state index contributed by atoms with van der Waals surface area (Å²) >= 11 is 6.37. The third-order valence-corrected chi connectivity index (χ3v) is 4.72. The van der Waals surface area contributed by atoms with Crippen LogP contribution in [0.15, 0.2) is 17.0 Å². The van der Waals surface area contributed by atoms with Crippen LogP contribution in [0.2, 0.25) is 5.02 Å². The van der Waals surface area contributed by atoms with Gasteiger partial charge in [-0.25, -0.2) is 26.3 Å². The number of hydrogen-bond acceptors (Lipinski definition) is 2. The summed E-state index contributed by atoms with van der Waals surface area (Å²) in [5.74, 6) is -13.8. The highest BCUT2D eigenvalue weighted by molar-refractivity contribution is 8.00. The molecular formula is C15H7ClF6O2S. The van der Waals surface area contributed by atoms with Crippen LogP contribution >= 0.6 is 23.4 Å². The quantitative estimate of drug-likeness (QED) is 0.323. The van der Waals surface area contributed by atoms with Gasteiger partial charge in [0, 0.05) is 10.5 Å². The topological polar surface area (TPSA) is 37.3 Å². The van der Waals surface area contributed by atoms with Crippen molar-refractivity contribution in [1.82, 2.24) is 0 Å². The predicted molar refractivity (Wildman–Crippen MR) is 79.6 cm³/mol. The highest BCUT2D eigenvalue weighted by atomic mass is 35.5. The van der Waals surface area contributed by atoms with Gasteiger partial charge >= 0.3 is 5.97 Å². The fraction of sp³-hybridized carbons (Fsp3) is 0.133. The number of hydrogen-bond donors (Lipinski definition) is 1. The smallest absolute Gasteiger partial charge is 0.316 e. The Hall–Kier alpha value is -1.87. The summed E-state index contributed by atoms with van der Waals surface area (Å²) in [6, 6.07) is 1.34. The van der Waals surface area contributed by atoms with Crippen LogP contribution in [0.25, 0.3) is 11.1 Å². The van der Waals surface area contributed by atoms with E-state index in [2.05, 4.69) is 0 Å². The van der Waals surface area contributed by atoms with Crippen molar-refractivity contribution in [1.29, 1.82) is 0 Å². The first-order chi connectivity index (χ1) is 11.6. The molecule has 10 heteroatoms. The summed E-state index contributed by atoms with van der Waals surface area (Å²) < 4.78 is 81.5. The summed E-state index contributed by atoms with van der Waals surface area (Å²) in [5, 5.41) is 7.53. The summed E-state index contributed by atoms with van der Waals surface area (Å²) in [4.78, 5) is 10.8. The van der Waals surface area contributed by atoms with Crippen molar-refractivity contribution in [2.24, 2.45) is 0 Å². The van der Waals surface area contributed by atoms with E-state index >= 15 is 0 Å². The first kappa shape index (κ1) is 19.5. The number of carboxylic acid groups (broad SMARTS) is 1. The molecule has 0 aliphatic carbocycles. The van der Waals surface area contributed by atoms with Crippen LogP contribution in [0.5, 0.6) is 0 Å². The minimum absolute atomic E-state index is 0.100. The minimum Gasteiger partial charge on any atom is -0.480 e. The average Bonchev–Trinajstić information content (AvgIpc) is 2.54. The molecular weight excluding hydrogens is 394 g/mol. The van der Waals surface area contributed by atoms with Gasteiger partial charge in [-0.05, 0) is 19.1 Å². The molecule has 2 aromatic carbocycles. The Morgan fingerprint density at radius 2 is 1.48 bits per heavy atom. The molecule has 0 amide bonds. The maximum absolute atomic E-state index is 14.1. The van der Waals surface area contributed by atoms with Crippen LogP contribution < -0.4 is 0 Å². The molecule has 2 aromatic rings. The van der Waals surface area contributed by atoms with E-state index in [0.29, 0.717) is 17.8 Å². The van der Waals surface area contributed by atoms with Gasteiger partial charge in [0.1, 0.15) is 11.1 Å².